The molecule has 0 spiro atoms. The first-order valence-electron chi connectivity index (χ1n) is 4.85. The van der Waals surface area contributed by atoms with Crippen molar-refractivity contribution >= 4 is 5.97 Å². The topological polar surface area (TPSA) is 219 Å². The van der Waals surface area contributed by atoms with Crippen molar-refractivity contribution in [1.29, 1.82) is 0 Å². The second kappa shape index (κ2) is 4.13. The fraction of sp³-hybridized carbons (Fsp3) is 0.444. The van der Waals surface area contributed by atoms with Crippen molar-refractivity contribution in [2.45, 2.75) is 23.0 Å². The summed E-state index contributed by atoms with van der Waals surface area (Å²) >= 11 is 0. The third-order valence-corrected chi connectivity index (χ3v) is 2.88. The van der Waals surface area contributed by atoms with Crippen LogP contribution in [0.5, 0.6) is 0 Å². The molecule has 1 aliphatic carbocycles. The molecule has 0 aromatic heterocycles. The Hall–Kier alpha value is -1.73. The zero-order chi connectivity index (χ0) is 16.1. The molecule has 10 N–H and O–H groups in total. The lowest BCUT2D eigenvalue weighted by molar-refractivity contribution is -0.468. The standard InChI is InChI=1S/C9H12O11/c10-3(5(12)13)4(11)6(14)1-2-7(15,16)9(19,20)8(6,17)18/h1-2,10-11,14-20H,(H,12,13). The van der Waals surface area contributed by atoms with Crippen molar-refractivity contribution in [3.05, 3.63) is 23.7 Å². The number of carboxylic acid groups (broad SMARTS) is 1. The number of hydrogen-bond donors (Lipinski definition) is 10. The van der Waals surface area contributed by atoms with Gasteiger partial charge in [-0.25, -0.2) is 4.79 Å². The minimum absolute atomic E-state index is 0.0308. The molecule has 11 heteroatoms. The molecular formula is C9H12O11. The summed E-state index contributed by atoms with van der Waals surface area (Å²) in [4.78, 5) is 10.4. The smallest absolute Gasteiger partial charge is 0.374 e. The maximum absolute atomic E-state index is 10.4. The number of carbonyl (C=O) groups is 1. The minimum atomic E-state index is -4.30. The lowest BCUT2D eigenvalue weighted by Crippen LogP contribution is -2.78. The largest absolute Gasteiger partial charge is 0.505 e. The molecule has 0 aliphatic heterocycles. The van der Waals surface area contributed by atoms with Crippen LogP contribution in [-0.4, -0.2) is 80.0 Å². The first-order chi connectivity index (χ1) is 8.72. The summed E-state index contributed by atoms with van der Waals surface area (Å²) in [5, 5.41) is 92.5. The molecule has 0 saturated carbocycles. The third kappa shape index (κ3) is 1.77. The molecule has 20 heavy (non-hydrogen) atoms. The van der Waals surface area contributed by atoms with E-state index in [1.54, 1.807) is 0 Å². The highest BCUT2D eigenvalue weighted by atomic mass is 16.7. The van der Waals surface area contributed by atoms with Crippen LogP contribution in [-0.2, 0) is 4.79 Å². The van der Waals surface area contributed by atoms with E-state index in [9.17, 15) is 35.4 Å². The van der Waals surface area contributed by atoms with Crippen LogP contribution >= 0.6 is 0 Å². The van der Waals surface area contributed by atoms with E-state index in [4.69, 9.17) is 20.4 Å². The fourth-order valence-corrected chi connectivity index (χ4v) is 1.52. The molecule has 0 saturated heterocycles. The fourth-order valence-electron chi connectivity index (χ4n) is 1.52. The summed E-state index contributed by atoms with van der Waals surface area (Å²) in [5.41, 5.74) is -3.66. The number of carboxylic acids is 1. The maximum Gasteiger partial charge on any atom is 0.374 e. The zero-order valence-corrected chi connectivity index (χ0v) is 9.54. The van der Waals surface area contributed by atoms with E-state index in [-0.39, 0.29) is 12.2 Å². The maximum atomic E-state index is 10.4. The summed E-state index contributed by atoms with van der Waals surface area (Å²) < 4.78 is 0. The van der Waals surface area contributed by atoms with E-state index < -0.39 is 40.5 Å². The predicted molar refractivity (Wildman–Crippen MR) is 55.5 cm³/mol. The number of aliphatic carboxylic acids is 1. The molecule has 0 fully saturated rings. The molecule has 0 radical (unpaired) electrons. The van der Waals surface area contributed by atoms with Gasteiger partial charge < -0.3 is 51.1 Å². The molecule has 11 nitrogen and oxygen atoms in total. The summed E-state index contributed by atoms with van der Waals surface area (Å²) in [6, 6.07) is 0. The molecule has 1 atom stereocenters. The van der Waals surface area contributed by atoms with Gasteiger partial charge >= 0.3 is 5.97 Å². The first kappa shape index (κ1) is 16.3. The lowest BCUT2D eigenvalue weighted by atomic mass is 9.75. The second-order valence-electron chi connectivity index (χ2n) is 4.17. The van der Waals surface area contributed by atoms with E-state index >= 15 is 0 Å². The van der Waals surface area contributed by atoms with Crippen molar-refractivity contribution in [2.75, 3.05) is 0 Å². The van der Waals surface area contributed by atoms with Gasteiger partial charge in [0.15, 0.2) is 5.76 Å². The molecule has 114 valence electrons. The van der Waals surface area contributed by atoms with Gasteiger partial charge in [-0.2, -0.15) is 0 Å². The van der Waals surface area contributed by atoms with Crippen LogP contribution in [0, 0.1) is 0 Å². The van der Waals surface area contributed by atoms with E-state index in [1.165, 1.54) is 0 Å². The molecule has 0 bridgehead atoms. The van der Waals surface area contributed by atoms with Gasteiger partial charge in [0.05, 0.1) is 0 Å². The first-order valence-corrected chi connectivity index (χ1v) is 4.85. The van der Waals surface area contributed by atoms with Crippen LogP contribution in [0.1, 0.15) is 0 Å². The van der Waals surface area contributed by atoms with Crippen molar-refractivity contribution in [2.24, 2.45) is 0 Å². The Balaban J connectivity index is 3.62. The number of aliphatic hydroxyl groups excluding tert-OH is 2. The lowest BCUT2D eigenvalue weighted by Gasteiger charge is -2.50. The third-order valence-electron chi connectivity index (χ3n) is 2.88. The van der Waals surface area contributed by atoms with Crippen LogP contribution in [0.25, 0.3) is 0 Å². The number of aliphatic hydroxyl groups is 9. The van der Waals surface area contributed by atoms with E-state index in [2.05, 4.69) is 0 Å². The Bertz CT molecular complexity index is 500. The molecule has 0 amide bonds. The Labute approximate surface area is 109 Å². The van der Waals surface area contributed by atoms with Crippen molar-refractivity contribution in [3.63, 3.8) is 0 Å². The molecule has 0 aromatic rings. The monoisotopic (exact) mass is 296 g/mol. The molecule has 0 aromatic carbocycles. The molecule has 0 heterocycles. The van der Waals surface area contributed by atoms with Gasteiger partial charge in [0, 0.05) is 0 Å². The summed E-state index contributed by atoms with van der Waals surface area (Å²) in [5.74, 6) is -18.3. The van der Waals surface area contributed by atoms with E-state index in [0.29, 0.717) is 0 Å². The van der Waals surface area contributed by atoms with Crippen LogP contribution in [0.3, 0.4) is 0 Å². The van der Waals surface area contributed by atoms with E-state index in [1.807, 2.05) is 0 Å². The Morgan fingerprint density at radius 1 is 0.750 bits per heavy atom. The average Bonchev–Trinajstić information content (AvgIpc) is 2.31. The van der Waals surface area contributed by atoms with Gasteiger partial charge in [0.25, 0.3) is 11.6 Å². The SMILES string of the molecule is O=C(O)C(O)=C(O)C1(O)C=CC(O)(O)C(O)(O)C1(O)O. The minimum Gasteiger partial charge on any atom is -0.505 e. The molecule has 1 aliphatic rings. The van der Waals surface area contributed by atoms with Crippen LogP contribution in [0.15, 0.2) is 23.7 Å². The molecule has 1 rings (SSSR count). The van der Waals surface area contributed by atoms with Gasteiger partial charge in [0.2, 0.25) is 17.1 Å². The number of rotatable bonds is 2. The Morgan fingerprint density at radius 3 is 1.60 bits per heavy atom. The highest BCUT2D eigenvalue weighted by Gasteiger charge is 2.73. The summed E-state index contributed by atoms with van der Waals surface area (Å²) in [6.07, 6.45) is 0.0786. The quantitative estimate of drug-likeness (QED) is 0.102. The van der Waals surface area contributed by atoms with Gasteiger partial charge in [-0.3, -0.25) is 0 Å². The Kier molecular flexibility index (Phi) is 3.37. The summed E-state index contributed by atoms with van der Waals surface area (Å²) in [6.45, 7) is 0. The van der Waals surface area contributed by atoms with Crippen LogP contribution < -0.4 is 0 Å². The highest BCUT2D eigenvalue weighted by Crippen LogP contribution is 2.44. The van der Waals surface area contributed by atoms with Gasteiger partial charge in [-0.15, -0.1) is 0 Å². The van der Waals surface area contributed by atoms with Crippen molar-refractivity contribution < 1.29 is 55.9 Å². The normalized spacial score (nSPS) is 31.6. The van der Waals surface area contributed by atoms with Crippen molar-refractivity contribution in [3.8, 4) is 0 Å². The second-order valence-corrected chi connectivity index (χ2v) is 4.17. The van der Waals surface area contributed by atoms with Gasteiger partial charge in [-0.05, 0) is 12.2 Å². The highest BCUT2D eigenvalue weighted by molar-refractivity contribution is 5.84. The van der Waals surface area contributed by atoms with E-state index in [0.717, 1.165) is 0 Å². The average molecular weight is 296 g/mol. The number of hydrogen-bond acceptors (Lipinski definition) is 10. The van der Waals surface area contributed by atoms with Gasteiger partial charge in [-0.1, -0.05) is 0 Å². The molecule has 1 unspecified atom stereocenters. The predicted octanol–water partition coefficient (Wildman–Crippen LogP) is -4.26. The van der Waals surface area contributed by atoms with Gasteiger partial charge in [0.1, 0.15) is 0 Å². The summed E-state index contributed by atoms with van der Waals surface area (Å²) in [7, 11) is 0. The zero-order valence-electron chi connectivity index (χ0n) is 9.54. The van der Waals surface area contributed by atoms with Crippen LogP contribution in [0.2, 0.25) is 0 Å². The molecular weight excluding hydrogens is 284 g/mol. The van der Waals surface area contributed by atoms with Crippen molar-refractivity contribution in [1.82, 2.24) is 0 Å². The van der Waals surface area contributed by atoms with Crippen LogP contribution in [0.4, 0.5) is 0 Å². The Morgan fingerprint density at radius 2 is 1.20 bits per heavy atom.